The molecule has 0 aliphatic carbocycles. The van der Waals surface area contributed by atoms with E-state index in [0.29, 0.717) is 5.75 Å². The molecule has 0 aliphatic rings. The van der Waals surface area contributed by atoms with Crippen molar-refractivity contribution in [3.05, 3.63) is 42.5 Å². The minimum atomic E-state index is -0.623. The van der Waals surface area contributed by atoms with E-state index >= 15 is 0 Å². The van der Waals surface area contributed by atoms with Crippen LogP contribution in [0.15, 0.2) is 36.9 Å². The lowest BCUT2D eigenvalue weighted by atomic mass is 10.2. The molecule has 0 fully saturated rings. The van der Waals surface area contributed by atoms with Crippen molar-refractivity contribution >= 4 is 5.97 Å². The second-order valence-electron chi connectivity index (χ2n) is 4.56. The van der Waals surface area contributed by atoms with Crippen LogP contribution in [0.4, 0.5) is 0 Å². The van der Waals surface area contributed by atoms with Crippen molar-refractivity contribution < 1.29 is 28.5 Å². The van der Waals surface area contributed by atoms with Crippen LogP contribution < -0.4 is 18.9 Å². The zero-order chi connectivity index (χ0) is 18.2. The Labute approximate surface area is 145 Å². The van der Waals surface area contributed by atoms with E-state index in [9.17, 15) is 4.79 Å². The minimum Gasteiger partial charge on any atom is -0.496 e. The van der Waals surface area contributed by atoms with E-state index in [1.165, 1.54) is 33.5 Å². The standard InChI is InChI=1S/C17H18N2O6/c1-5-9-24-16(20)15-11(21-2)7-6-8-12(15)25-17-18-13(22-3)10-14(19-17)23-4/h5-8,10H,1,9H2,2-4H3. The zero-order valence-electron chi connectivity index (χ0n) is 14.1. The number of rotatable bonds is 8. The van der Waals surface area contributed by atoms with Gasteiger partial charge in [-0.15, -0.1) is 0 Å². The molecule has 25 heavy (non-hydrogen) atoms. The van der Waals surface area contributed by atoms with Gasteiger partial charge in [0, 0.05) is 0 Å². The Morgan fingerprint density at radius 1 is 1.08 bits per heavy atom. The molecule has 0 aliphatic heterocycles. The summed E-state index contributed by atoms with van der Waals surface area (Å²) in [5.41, 5.74) is 0.109. The molecule has 8 nitrogen and oxygen atoms in total. The fourth-order valence-electron chi connectivity index (χ4n) is 1.91. The van der Waals surface area contributed by atoms with Crippen LogP contribution in [-0.2, 0) is 4.74 Å². The number of benzene rings is 1. The number of ether oxygens (including phenoxy) is 5. The highest BCUT2D eigenvalue weighted by atomic mass is 16.5. The van der Waals surface area contributed by atoms with Crippen LogP contribution in [0.3, 0.4) is 0 Å². The van der Waals surface area contributed by atoms with E-state index < -0.39 is 5.97 Å². The van der Waals surface area contributed by atoms with Crippen LogP contribution in [0.25, 0.3) is 0 Å². The molecule has 0 bridgehead atoms. The first-order chi connectivity index (χ1) is 12.1. The van der Waals surface area contributed by atoms with Gasteiger partial charge in [0.15, 0.2) is 0 Å². The Morgan fingerprint density at radius 2 is 1.72 bits per heavy atom. The zero-order valence-corrected chi connectivity index (χ0v) is 14.1. The number of aromatic nitrogens is 2. The molecule has 0 amide bonds. The molecule has 0 spiro atoms. The Morgan fingerprint density at radius 3 is 2.28 bits per heavy atom. The van der Waals surface area contributed by atoms with Crippen molar-refractivity contribution in [2.45, 2.75) is 0 Å². The topological polar surface area (TPSA) is 89.0 Å². The van der Waals surface area contributed by atoms with Crippen LogP contribution in [0.1, 0.15) is 10.4 Å². The van der Waals surface area contributed by atoms with E-state index in [2.05, 4.69) is 16.5 Å². The monoisotopic (exact) mass is 346 g/mol. The van der Waals surface area contributed by atoms with Crippen LogP contribution in [0.5, 0.6) is 29.3 Å². The van der Waals surface area contributed by atoms with Crippen LogP contribution in [0.2, 0.25) is 0 Å². The lowest BCUT2D eigenvalue weighted by molar-refractivity contribution is 0.0543. The first-order valence-electron chi connectivity index (χ1n) is 7.22. The molecule has 1 heterocycles. The van der Waals surface area contributed by atoms with Gasteiger partial charge in [0.25, 0.3) is 0 Å². The van der Waals surface area contributed by atoms with Crippen molar-refractivity contribution in [2.24, 2.45) is 0 Å². The molecule has 8 heteroatoms. The van der Waals surface area contributed by atoms with Crippen molar-refractivity contribution in [2.75, 3.05) is 27.9 Å². The molecule has 1 aromatic carbocycles. The number of esters is 1. The fourth-order valence-corrected chi connectivity index (χ4v) is 1.91. The van der Waals surface area contributed by atoms with E-state index in [1.807, 2.05) is 0 Å². The summed E-state index contributed by atoms with van der Waals surface area (Å²) in [6.07, 6.45) is 1.46. The Hall–Kier alpha value is -3.29. The number of nitrogens with zero attached hydrogens (tertiary/aromatic N) is 2. The predicted molar refractivity (Wildman–Crippen MR) is 88.7 cm³/mol. The number of carbonyl (C=O) groups is 1. The summed E-state index contributed by atoms with van der Waals surface area (Å²) >= 11 is 0. The molecule has 0 N–H and O–H groups in total. The SMILES string of the molecule is C=CCOC(=O)c1c(OC)cccc1Oc1nc(OC)cc(OC)n1. The first-order valence-corrected chi connectivity index (χ1v) is 7.22. The lowest BCUT2D eigenvalue weighted by Crippen LogP contribution is -2.09. The third-order valence-electron chi connectivity index (χ3n) is 3.02. The Bertz CT molecular complexity index is 741. The van der Waals surface area contributed by atoms with Gasteiger partial charge in [-0.25, -0.2) is 4.79 Å². The van der Waals surface area contributed by atoms with Crippen LogP contribution in [-0.4, -0.2) is 43.9 Å². The summed E-state index contributed by atoms with van der Waals surface area (Å²) < 4.78 is 26.1. The maximum absolute atomic E-state index is 12.3. The maximum Gasteiger partial charge on any atom is 0.346 e. The van der Waals surface area contributed by atoms with Crippen LogP contribution in [0, 0.1) is 0 Å². The Kier molecular flexibility index (Phi) is 6.16. The normalized spacial score (nSPS) is 9.88. The van der Waals surface area contributed by atoms with Gasteiger partial charge < -0.3 is 23.7 Å². The third kappa shape index (κ3) is 4.37. The van der Waals surface area contributed by atoms with Crippen molar-refractivity contribution in [1.82, 2.24) is 9.97 Å². The number of methoxy groups -OCH3 is 3. The number of carbonyl (C=O) groups excluding carboxylic acids is 1. The molecule has 1 aromatic heterocycles. The molecule has 0 atom stereocenters. The van der Waals surface area contributed by atoms with Gasteiger partial charge in [0.2, 0.25) is 11.8 Å². The maximum atomic E-state index is 12.3. The molecular weight excluding hydrogens is 328 g/mol. The molecule has 0 unspecified atom stereocenters. The van der Waals surface area contributed by atoms with Crippen molar-refractivity contribution in [1.29, 1.82) is 0 Å². The van der Waals surface area contributed by atoms with E-state index in [-0.39, 0.29) is 35.7 Å². The summed E-state index contributed by atoms with van der Waals surface area (Å²) in [5.74, 6) is 0.341. The highest BCUT2D eigenvalue weighted by molar-refractivity contribution is 5.95. The van der Waals surface area contributed by atoms with Gasteiger partial charge >= 0.3 is 12.0 Å². The largest absolute Gasteiger partial charge is 0.496 e. The van der Waals surface area contributed by atoms with Gasteiger partial charge in [0.05, 0.1) is 27.4 Å². The lowest BCUT2D eigenvalue weighted by Gasteiger charge is -2.13. The summed E-state index contributed by atoms with van der Waals surface area (Å²) in [4.78, 5) is 20.5. The van der Waals surface area contributed by atoms with E-state index in [0.717, 1.165) is 0 Å². The first kappa shape index (κ1) is 18.1. The Balaban J connectivity index is 2.42. The van der Waals surface area contributed by atoms with Gasteiger partial charge in [-0.1, -0.05) is 18.7 Å². The average Bonchev–Trinajstić information content (AvgIpc) is 2.65. The second-order valence-corrected chi connectivity index (χ2v) is 4.56. The molecule has 0 saturated carbocycles. The summed E-state index contributed by atoms with van der Waals surface area (Å²) in [5, 5.41) is 0. The average molecular weight is 346 g/mol. The van der Waals surface area contributed by atoms with E-state index in [4.69, 9.17) is 23.7 Å². The molecule has 0 saturated heterocycles. The van der Waals surface area contributed by atoms with Crippen LogP contribution >= 0.6 is 0 Å². The van der Waals surface area contributed by atoms with Gasteiger partial charge in [-0.3, -0.25) is 0 Å². The summed E-state index contributed by atoms with van der Waals surface area (Å²) in [7, 11) is 4.35. The molecule has 132 valence electrons. The quantitative estimate of drug-likeness (QED) is 0.532. The smallest absolute Gasteiger partial charge is 0.346 e. The number of hydrogen-bond acceptors (Lipinski definition) is 8. The molecular formula is C17H18N2O6. The van der Waals surface area contributed by atoms with Crippen molar-refractivity contribution in [3.63, 3.8) is 0 Å². The molecule has 2 aromatic rings. The molecule has 2 rings (SSSR count). The summed E-state index contributed by atoms with van der Waals surface area (Å²) in [6.45, 7) is 3.57. The van der Waals surface area contributed by atoms with Gasteiger partial charge in [-0.05, 0) is 12.1 Å². The third-order valence-corrected chi connectivity index (χ3v) is 3.02. The van der Waals surface area contributed by atoms with E-state index in [1.54, 1.807) is 18.2 Å². The summed E-state index contributed by atoms with van der Waals surface area (Å²) in [6, 6.07) is 6.29. The predicted octanol–water partition coefficient (Wildman–Crippen LogP) is 2.64. The highest BCUT2D eigenvalue weighted by Gasteiger charge is 2.21. The van der Waals surface area contributed by atoms with Gasteiger partial charge in [-0.2, -0.15) is 9.97 Å². The molecule has 0 radical (unpaired) electrons. The van der Waals surface area contributed by atoms with Crippen molar-refractivity contribution in [3.8, 4) is 29.3 Å². The number of hydrogen-bond donors (Lipinski definition) is 0. The highest BCUT2D eigenvalue weighted by Crippen LogP contribution is 2.32. The second kappa shape index (κ2) is 8.53. The fraction of sp³-hybridized carbons (Fsp3) is 0.235. The van der Waals surface area contributed by atoms with Gasteiger partial charge in [0.1, 0.15) is 23.7 Å². The minimum absolute atomic E-state index is 0.0535.